The molecule has 0 spiro atoms. The smallest absolute Gasteiger partial charge is 0.0542 e. The number of pyridine rings is 1. The number of nitrogens with one attached hydrogen (secondary N) is 1. The van der Waals surface area contributed by atoms with E-state index in [0.29, 0.717) is 0 Å². The summed E-state index contributed by atoms with van der Waals surface area (Å²) in [5, 5.41) is 12.4. The molecule has 0 bridgehead atoms. The van der Waals surface area contributed by atoms with E-state index in [1.807, 2.05) is 6.07 Å². The molecule has 0 aliphatic heterocycles. The molecule has 2 N–H and O–H groups in total. The van der Waals surface area contributed by atoms with Crippen molar-refractivity contribution in [2.24, 2.45) is 0 Å². The van der Waals surface area contributed by atoms with Gasteiger partial charge in [0.1, 0.15) is 0 Å². The summed E-state index contributed by atoms with van der Waals surface area (Å²) in [4.78, 5) is 4.09. The van der Waals surface area contributed by atoms with Crippen molar-refractivity contribution >= 4 is 21.6 Å². The maximum atomic E-state index is 9.00. The first-order valence-electron chi connectivity index (χ1n) is 5.09. The van der Waals surface area contributed by atoms with E-state index in [-0.39, 0.29) is 12.1 Å². The molecule has 3 nitrogen and oxygen atoms in total. The van der Waals surface area contributed by atoms with Crippen LogP contribution in [0.25, 0.3) is 0 Å². The van der Waals surface area contributed by atoms with Crippen molar-refractivity contribution in [1.82, 2.24) is 4.98 Å². The Morgan fingerprint density at radius 1 is 1.53 bits per heavy atom. The number of anilines is 1. The monoisotopic (exact) mass is 272 g/mol. The van der Waals surface area contributed by atoms with Crippen LogP contribution < -0.4 is 5.32 Å². The lowest BCUT2D eigenvalue weighted by molar-refractivity contribution is 0.252. The lowest BCUT2D eigenvalue weighted by Gasteiger charge is -2.30. The summed E-state index contributed by atoms with van der Waals surface area (Å²) in [7, 11) is 0. The van der Waals surface area contributed by atoms with Crippen LogP contribution >= 0.6 is 15.9 Å². The second-order valence-corrected chi connectivity index (χ2v) is 4.82. The van der Waals surface area contributed by atoms with Crippen LogP contribution in [0.2, 0.25) is 0 Å². The number of nitrogens with zero attached hydrogens (tertiary/aromatic N) is 1. The van der Waals surface area contributed by atoms with Crippen LogP contribution in [0, 0.1) is 0 Å². The van der Waals surface area contributed by atoms with Gasteiger partial charge in [-0.05, 0) is 41.8 Å². The maximum absolute atomic E-state index is 9.00. The summed E-state index contributed by atoms with van der Waals surface area (Å²) in [6, 6.07) is 1.98. The Morgan fingerprint density at radius 2 is 2.27 bits per heavy atom. The van der Waals surface area contributed by atoms with E-state index in [0.717, 1.165) is 23.0 Å². The molecule has 0 radical (unpaired) electrons. The molecule has 0 aliphatic carbocycles. The van der Waals surface area contributed by atoms with Crippen molar-refractivity contribution in [2.45, 2.75) is 32.2 Å². The number of rotatable bonds is 5. The van der Waals surface area contributed by atoms with E-state index in [4.69, 9.17) is 5.11 Å². The maximum Gasteiger partial charge on any atom is 0.0542 e. The van der Waals surface area contributed by atoms with Crippen molar-refractivity contribution in [3.8, 4) is 0 Å². The minimum atomic E-state index is -0.0722. The van der Waals surface area contributed by atoms with Gasteiger partial charge in [0, 0.05) is 22.8 Å². The fourth-order valence-corrected chi connectivity index (χ4v) is 1.77. The second kappa shape index (κ2) is 5.47. The Labute approximate surface area is 99.1 Å². The molecular formula is C11H17BrN2O. The highest BCUT2D eigenvalue weighted by Gasteiger charge is 2.20. The predicted octanol–water partition coefficient (Wildman–Crippen LogP) is 2.81. The van der Waals surface area contributed by atoms with Crippen LogP contribution in [0.5, 0.6) is 0 Å². The molecule has 1 unspecified atom stereocenters. The Morgan fingerprint density at radius 3 is 2.80 bits per heavy atom. The molecule has 1 rings (SSSR count). The second-order valence-electron chi connectivity index (χ2n) is 3.90. The number of hydrogen-bond donors (Lipinski definition) is 2. The summed E-state index contributed by atoms with van der Waals surface area (Å²) in [6.07, 6.45) is 5.23. The number of aliphatic hydroxyl groups is 1. The van der Waals surface area contributed by atoms with Gasteiger partial charge in [-0.1, -0.05) is 6.92 Å². The quantitative estimate of drug-likeness (QED) is 0.867. The minimum absolute atomic E-state index is 0.0722. The van der Waals surface area contributed by atoms with E-state index in [9.17, 15) is 0 Å². The Hall–Kier alpha value is -0.610. The molecule has 1 heterocycles. The van der Waals surface area contributed by atoms with Gasteiger partial charge in [-0.2, -0.15) is 0 Å². The van der Waals surface area contributed by atoms with Gasteiger partial charge in [-0.25, -0.2) is 0 Å². The fraction of sp³-hybridized carbons (Fsp3) is 0.545. The standard InChI is InChI=1S/C11H17BrN2O/c1-3-11(2,4-5-15)14-10-6-9(12)7-13-8-10/h6-8,14-15H,3-5H2,1-2H3. The number of aliphatic hydroxyl groups excluding tert-OH is 1. The van der Waals surface area contributed by atoms with E-state index < -0.39 is 0 Å². The third kappa shape index (κ3) is 3.80. The highest BCUT2D eigenvalue weighted by atomic mass is 79.9. The van der Waals surface area contributed by atoms with Crippen LogP contribution in [0.4, 0.5) is 5.69 Å². The normalized spacial score (nSPS) is 14.7. The van der Waals surface area contributed by atoms with E-state index in [1.54, 1.807) is 12.4 Å². The molecule has 0 aromatic carbocycles. The summed E-state index contributed by atoms with van der Waals surface area (Å²) in [5.41, 5.74) is 0.902. The topological polar surface area (TPSA) is 45.1 Å². The summed E-state index contributed by atoms with van der Waals surface area (Å²) >= 11 is 3.38. The SMILES string of the molecule is CCC(C)(CCO)Nc1cncc(Br)c1. The number of aromatic nitrogens is 1. The lowest BCUT2D eigenvalue weighted by Crippen LogP contribution is -2.35. The van der Waals surface area contributed by atoms with Crippen LogP contribution in [0.3, 0.4) is 0 Å². The summed E-state index contributed by atoms with van der Waals surface area (Å²) in [6.45, 7) is 4.40. The molecule has 0 saturated carbocycles. The van der Waals surface area contributed by atoms with Crippen molar-refractivity contribution in [1.29, 1.82) is 0 Å². The predicted molar refractivity (Wildman–Crippen MR) is 66.0 cm³/mol. The van der Waals surface area contributed by atoms with Crippen LogP contribution in [-0.2, 0) is 0 Å². The van der Waals surface area contributed by atoms with Gasteiger partial charge < -0.3 is 10.4 Å². The zero-order valence-electron chi connectivity index (χ0n) is 9.13. The Bertz CT molecular complexity index is 319. The molecule has 15 heavy (non-hydrogen) atoms. The van der Waals surface area contributed by atoms with Gasteiger partial charge in [-0.3, -0.25) is 4.98 Å². The zero-order valence-corrected chi connectivity index (χ0v) is 10.7. The van der Waals surface area contributed by atoms with E-state index in [2.05, 4.69) is 40.1 Å². The first kappa shape index (κ1) is 12.5. The molecule has 0 fully saturated rings. The van der Waals surface area contributed by atoms with Gasteiger partial charge in [0.05, 0.1) is 11.9 Å². The number of halogens is 1. The summed E-state index contributed by atoms with van der Waals surface area (Å²) < 4.78 is 0.954. The molecule has 1 atom stereocenters. The highest BCUT2D eigenvalue weighted by molar-refractivity contribution is 9.10. The number of hydrogen-bond acceptors (Lipinski definition) is 3. The lowest BCUT2D eigenvalue weighted by atomic mass is 9.94. The van der Waals surface area contributed by atoms with Crippen LogP contribution in [-0.4, -0.2) is 22.2 Å². The highest BCUT2D eigenvalue weighted by Crippen LogP contribution is 2.22. The summed E-state index contributed by atoms with van der Waals surface area (Å²) in [5.74, 6) is 0. The molecule has 4 heteroatoms. The van der Waals surface area contributed by atoms with Gasteiger partial charge in [0.2, 0.25) is 0 Å². The largest absolute Gasteiger partial charge is 0.396 e. The third-order valence-electron chi connectivity index (χ3n) is 2.59. The molecular weight excluding hydrogens is 256 g/mol. The molecule has 1 aromatic rings. The van der Waals surface area contributed by atoms with Gasteiger partial charge >= 0.3 is 0 Å². The third-order valence-corrected chi connectivity index (χ3v) is 3.03. The van der Waals surface area contributed by atoms with Crippen molar-refractivity contribution in [3.63, 3.8) is 0 Å². The van der Waals surface area contributed by atoms with Gasteiger partial charge in [-0.15, -0.1) is 0 Å². The first-order valence-corrected chi connectivity index (χ1v) is 5.88. The Kier molecular flexibility index (Phi) is 4.54. The van der Waals surface area contributed by atoms with Crippen molar-refractivity contribution in [3.05, 3.63) is 22.9 Å². The van der Waals surface area contributed by atoms with Crippen LogP contribution in [0.1, 0.15) is 26.7 Å². The van der Waals surface area contributed by atoms with Crippen molar-refractivity contribution in [2.75, 3.05) is 11.9 Å². The average Bonchev–Trinajstić information content (AvgIpc) is 2.18. The molecule has 1 aromatic heterocycles. The zero-order chi connectivity index (χ0) is 11.3. The average molecular weight is 273 g/mol. The van der Waals surface area contributed by atoms with E-state index in [1.165, 1.54) is 0 Å². The minimum Gasteiger partial charge on any atom is -0.396 e. The van der Waals surface area contributed by atoms with Gasteiger partial charge in [0.15, 0.2) is 0 Å². The van der Waals surface area contributed by atoms with Gasteiger partial charge in [0.25, 0.3) is 0 Å². The fourth-order valence-electron chi connectivity index (χ4n) is 1.40. The van der Waals surface area contributed by atoms with Crippen molar-refractivity contribution < 1.29 is 5.11 Å². The molecule has 0 saturated heterocycles. The molecule has 84 valence electrons. The molecule has 0 aliphatic rings. The first-order chi connectivity index (χ1) is 7.09. The van der Waals surface area contributed by atoms with Crippen LogP contribution in [0.15, 0.2) is 22.9 Å². The Balaban J connectivity index is 2.74. The molecule has 0 amide bonds. The van der Waals surface area contributed by atoms with E-state index >= 15 is 0 Å².